The molecule has 1 heterocycles. The SMILES string of the molecule is CC(C)(C)OC(=O)N[C@@H](CO)c1ccc(-c2ncccc2F)cc1. The van der Waals surface area contributed by atoms with Crippen molar-refractivity contribution in [3.05, 3.63) is 54.0 Å². The number of ether oxygens (including phenoxy) is 1. The van der Waals surface area contributed by atoms with Crippen LogP contribution in [0.1, 0.15) is 32.4 Å². The molecule has 0 radical (unpaired) electrons. The summed E-state index contributed by atoms with van der Waals surface area (Å²) >= 11 is 0. The lowest BCUT2D eigenvalue weighted by Gasteiger charge is -2.23. The minimum atomic E-state index is -0.621. The van der Waals surface area contributed by atoms with Crippen molar-refractivity contribution in [1.29, 1.82) is 0 Å². The van der Waals surface area contributed by atoms with Crippen LogP contribution in [0.15, 0.2) is 42.6 Å². The summed E-state index contributed by atoms with van der Waals surface area (Å²) in [5, 5.41) is 12.1. The summed E-state index contributed by atoms with van der Waals surface area (Å²) in [6.07, 6.45) is 0.911. The Kier molecular flexibility index (Phi) is 5.51. The van der Waals surface area contributed by atoms with E-state index in [4.69, 9.17) is 4.74 Å². The first-order chi connectivity index (χ1) is 11.3. The van der Waals surface area contributed by atoms with Crippen LogP contribution < -0.4 is 5.32 Å². The molecule has 0 fully saturated rings. The number of halogens is 1. The molecule has 1 aromatic heterocycles. The topological polar surface area (TPSA) is 71.5 Å². The fraction of sp³-hybridized carbons (Fsp3) is 0.333. The van der Waals surface area contributed by atoms with E-state index >= 15 is 0 Å². The van der Waals surface area contributed by atoms with E-state index in [0.717, 1.165) is 0 Å². The number of pyridine rings is 1. The molecule has 0 aliphatic heterocycles. The number of nitrogens with zero attached hydrogens (tertiary/aromatic N) is 1. The Labute approximate surface area is 140 Å². The second kappa shape index (κ2) is 7.40. The van der Waals surface area contributed by atoms with Gasteiger partial charge in [-0.1, -0.05) is 24.3 Å². The maximum Gasteiger partial charge on any atom is 0.408 e. The summed E-state index contributed by atoms with van der Waals surface area (Å²) in [5.41, 5.74) is 0.934. The summed E-state index contributed by atoms with van der Waals surface area (Å²) < 4.78 is 18.9. The van der Waals surface area contributed by atoms with Gasteiger partial charge in [0.05, 0.1) is 12.6 Å². The van der Waals surface area contributed by atoms with E-state index in [0.29, 0.717) is 11.1 Å². The van der Waals surface area contributed by atoms with Gasteiger partial charge in [-0.2, -0.15) is 0 Å². The number of amides is 1. The Bertz CT molecular complexity index is 696. The molecule has 1 aromatic carbocycles. The number of hydrogen-bond acceptors (Lipinski definition) is 4. The van der Waals surface area contributed by atoms with Gasteiger partial charge in [-0.25, -0.2) is 9.18 Å². The lowest BCUT2D eigenvalue weighted by Crippen LogP contribution is -2.36. The van der Waals surface area contributed by atoms with E-state index in [9.17, 15) is 14.3 Å². The first kappa shape index (κ1) is 17.9. The molecule has 2 rings (SSSR count). The molecule has 2 N–H and O–H groups in total. The molecule has 0 aliphatic carbocycles. The monoisotopic (exact) mass is 332 g/mol. The normalized spacial score (nSPS) is 12.5. The van der Waals surface area contributed by atoms with Crippen LogP contribution >= 0.6 is 0 Å². The zero-order valence-corrected chi connectivity index (χ0v) is 13.9. The average Bonchev–Trinajstić information content (AvgIpc) is 2.52. The molecule has 0 saturated heterocycles. The third-order valence-electron chi connectivity index (χ3n) is 3.22. The van der Waals surface area contributed by atoms with Crippen molar-refractivity contribution in [1.82, 2.24) is 10.3 Å². The fourth-order valence-corrected chi connectivity index (χ4v) is 2.16. The van der Waals surface area contributed by atoms with E-state index in [-0.39, 0.29) is 12.3 Å². The molecule has 0 saturated carbocycles. The zero-order chi connectivity index (χ0) is 17.7. The Hall–Kier alpha value is -2.47. The Morgan fingerprint density at radius 1 is 1.29 bits per heavy atom. The van der Waals surface area contributed by atoms with Crippen LogP contribution in [0.5, 0.6) is 0 Å². The maximum absolute atomic E-state index is 13.8. The number of nitrogens with one attached hydrogen (secondary N) is 1. The first-order valence-corrected chi connectivity index (χ1v) is 7.61. The smallest absolute Gasteiger partial charge is 0.408 e. The van der Waals surface area contributed by atoms with Crippen LogP contribution in [0.4, 0.5) is 9.18 Å². The highest BCUT2D eigenvalue weighted by Gasteiger charge is 2.20. The molecule has 0 unspecified atom stereocenters. The zero-order valence-electron chi connectivity index (χ0n) is 13.9. The second-order valence-electron chi connectivity index (χ2n) is 6.34. The van der Waals surface area contributed by atoms with Crippen LogP contribution in [0.3, 0.4) is 0 Å². The number of carbonyl (C=O) groups is 1. The largest absolute Gasteiger partial charge is 0.444 e. The summed E-state index contributed by atoms with van der Waals surface area (Å²) in [7, 11) is 0. The number of carbonyl (C=O) groups excluding carboxylic acids is 1. The predicted octanol–water partition coefficient (Wildman–Crippen LogP) is 3.45. The van der Waals surface area contributed by atoms with Crippen LogP contribution in [0, 0.1) is 5.82 Å². The highest BCUT2D eigenvalue weighted by atomic mass is 19.1. The van der Waals surface area contributed by atoms with Gasteiger partial charge in [0.25, 0.3) is 0 Å². The Balaban J connectivity index is 2.13. The maximum atomic E-state index is 13.8. The van der Waals surface area contributed by atoms with Gasteiger partial charge in [0.15, 0.2) is 0 Å². The van der Waals surface area contributed by atoms with Gasteiger partial charge in [-0.3, -0.25) is 4.98 Å². The number of aliphatic hydroxyl groups excluding tert-OH is 1. The van der Waals surface area contributed by atoms with Crippen molar-refractivity contribution >= 4 is 6.09 Å². The van der Waals surface area contributed by atoms with E-state index in [1.54, 1.807) is 45.0 Å². The lowest BCUT2D eigenvalue weighted by atomic mass is 10.0. The first-order valence-electron chi connectivity index (χ1n) is 7.61. The molecule has 1 atom stereocenters. The van der Waals surface area contributed by atoms with E-state index in [1.807, 2.05) is 0 Å². The summed E-state index contributed by atoms with van der Waals surface area (Å²) in [4.78, 5) is 15.8. The van der Waals surface area contributed by atoms with Crippen molar-refractivity contribution in [3.8, 4) is 11.3 Å². The summed E-state index contributed by atoms with van der Waals surface area (Å²) in [6, 6.07) is 9.07. The minimum absolute atomic E-state index is 0.254. The van der Waals surface area contributed by atoms with Gasteiger partial charge in [0.1, 0.15) is 17.1 Å². The standard InChI is InChI=1S/C18H21FN2O3/c1-18(2,3)24-17(23)21-15(11-22)12-6-8-13(9-7-12)16-14(19)5-4-10-20-16/h4-10,15,22H,11H2,1-3H3,(H,21,23)/t15-/m0/s1. The molecule has 6 heteroatoms. The summed E-state index contributed by atoms with van der Waals surface area (Å²) in [6.45, 7) is 5.00. The number of alkyl carbamates (subject to hydrolysis) is 1. The molecule has 2 aromatic rings. The number of hydrogen-bond donors (Lipinski definition) is 2. The molecule has 24 heavy (non-hydrogen) atoms. The molecule has 128 valence electrons. The fourth-order valence-electron chi connectivity index (χ4n) is 2.16. The van der Waals surface area contributed by atoms with Crippen LogP contribution in [-0.4, -0.2) is 28.4 Å². The van der Waals surface area contributed by atoms with E-state index < -0.39 is 23.6 Å². The molecule has 0 bridgehead atoms. The average molecular weight is 332 g/mol. The van der Waals surface area contributed by atoms with Gasteiger partial charge in [-0.05, 0) is 38.5 Å². The van der Waals surface area contributed by atoms with E-state index in [1.165, 1.54) is 18.3 Å². The van der Waals surface area contributed by atoms with Gasteiger partial charge < -0.3 is 15.2 Å². The van der Waals surface area contributed by atoms with E-state index in [2.05, 4.69) is 10.3 Å². The Morgan fingerprint density at radius 3 is 2.50 bits per heavy atom. The second-order valence-corrected chi connectivity index (χ2v) is 6.34. The van der Waals surface area contributed by atoms with Crippen molar-refractivity contribution in [2.45, 2.75) is 32.4 Å². The predicted molar refractivity (Wildman–Crippen MR) is 88.8 cm³/mol. The van der Waals surface area contributed by atoms with Crippen LogP contribution in [0.25, 0.3) is 11.3 Å². The number of aliphatic hydroxyl groups is 1. The number of benzene rings is 1. The molecular formula is C18H21FN2O3. The highest BCUT2D eigenvalue weighted by Crippen LogP contribution is 2.22. The molecule has 0 aliphatic rings. The van der Waals surface area contributed by atoms with Crippen molar-refractivity contribution in [3.63, 3.8) is 0 Å². The lowest BCUT2D eigenvalue weighted by molar-refractivity contribution is 0.0482. The van der Waals surface area contributed by atoms with Gasteiger partial charge >= 0.3 is 6.09 Å². The van der Waals surface area contributed by atoms with Gasteiger partial charge in [0.2, 0.25) is 0 Å². The highest BCUT2D eigenvalue weighted by molar-refractivity contribution is 5.68. The molecule has 5 nitrogen and oxygen atoms in total. The molecular weight excluding hydrogens is 311 g/mol. The molecule has 0 spiro atoms. The van der Waals surface area contributed by atoms with Crippen LogP contribution in [-0.2, 0) is 4.74 Å². The van der Waals surface area contributed by atoms with Gasteiger partial charge in [0, 0.05) is 11.8 Å². The van der Waals surface area contributed by atoms with Crippen molar-refractivity contribution < 1.29 is 19.0 Å². The third kappa shape index (κ3) is 4.76. The third-order valence-corrected chi connectivity index (χ3v) is 3.22. The quantitative estimate of drug-likeness (QED) is 0.899. The molecule has 1 amide bonds. The van der Waals surface area contributed by atoms with Crippen molar-refractivity contribution in [2.75, 3.05) is 6.61 Å². The van der Waals surface area contributed by atoms with Crippen molar-refractivity contribution in [2.24, 2.45) is 0 Å². The summed E-state index contributed by atoms with van der Waals surface area (Å²) in [5.74, 6) is -0.407. The van der Waals surface area contributed by atoms with Gasteiger partial charge in [-0.15, -0.1) is 0 Å². The van der Waals surface area contributed by atoms with Crippen LogP contribution in [0.2, 0.25) is 0 Å². The Morgan fingerprint density at radius 2 is 1.96 bits per heavy atom. The number of aromatic nitrogens is 1. The minimum Gasteiger partial charge on any atom is -0.444 e. The number of rotatable bonds is 4.